The van der Waals surface area contributed by atoms with Gasteiger partial charge < -0.3 is 15.2 Å². The minimum absolute atomic E-state index is 0.103. The second-order valence-corrected chi connectivity index (χ2v) is 6.03. The molecule has 2 aliphatic carbocycles. The van der Waals surface area contributed by atoms with Crippen LogP contribution in [0.5, 0.6) is 0 Å². The van der Waals surface area contributed by atoms with E-state index < -0.39 is 17.8 Å². The van der Waals surface area contributed by atoms with Gasteiger partial charge in [-0.3, -0.25) is 4.79 Å². The van der Waals surface area contributed by atoms with Crippen molar-refractivity contribution in [3.63, 3.8) is 0 Å². The third-order valence-electron chi connectivity index (χ3n) is 4.52. The first kappa shape index (κ1) is 15.1. The summed E-state index contributed by atoms with van der Waals surface area (Å²) in [5.74, 6) is -2.34. The number of hydrogen-bond acceptors (Lipinski definition) is 3. The molecule has 2 aliphatic rings. The van der Waals surface area contributed by atoms with Crippen molar-refractivity contribution in [2.75, 3.05) is 0 Å². The topological polar surface area (TPSA) is 69.2 Å². The lowest BCUT2D eigenvalue weighted by Crippen LogP contribution is -2.46. The molecule has 2 atom stereocenters. The van der Waals surface area contributed by atoms with Crippen LogP contribution in [0.25, 0.3) is 0 Å². The average Bonchev–Trinajstić information content (AvgIpc) is 2.41. The maximum atomic E-state index is 12.3. The summed E-state index contributed by atoms with van der Waals surface area (Å²) in [6.07, 6.45) is 12.8. The zero-order valence-corrected chi connectivity index (χ0v) is 12.0. The molecule has 0 aromatic rings. The molecule has 112 valence electrons. The minimum Gasteiger partial charge on any atom is -0.550 e. The van der Waals surface area contributed by atoms with Gasteiger partial charge in [0.15, 0.2) is 0 Å². The summed E-state index contributed by atoms with van der Waals surface area (Å²) in [6.45, 7) is 0. The molecule has 0 radical (unpaired) electrons. The number of carbonyl (C=O) groups excluding carboxylic acids is 2. The number of carboxylic acids is 1. The van der Waals surface area contributed by atoms with Crippen molar-refractivity contribution in [3.8, 4) is 0 Å². The second-order valence-electron chi connectivity index (χ2n) is 6.03. The highest BCUT2D eigenvalue weighted by Gasteiger charge is 2.30. The van der Waals surface area contributed by atoms with Crippen LogP contribution in [0.1, 0.15) is 57.8 Å². The number of amides is 1. The van der Waals surface area contributed by atoms with Gasteiger partial charge in [-0.05, 0) is 25.7 Å². The fourth-order valence-electron chi connectivity index (χ4n) is 3.27. The van der Waals surface area contributed by atoms with Gasteiger partial charge in [-0.25, -0.2) is 0 Å². The highest BCUT2D eigenvalue weighted by molar-refractivity contribution is 5.84. The summed E-state index contributed by atoms with van der Waals surface area (Å²) in [7, 11) is 0. The van der Waals surface area contributed by atoms with Gasteiger partial charge in [0.2, 0.25) is 5.91 Å². The molecule has 2 rings (SSSR count). The lowest BCUT2D eigenvalue weighted by atomic mass is 9.82. The standard InChI is InChI=1S/C16H25NO3/c18-15(13-10-6-7-11-14(13)16(19)20)17-12-8-4-2-1-3-5-9-12/h6-7,12-14H,1-5,8-11H2,(H,17,18)(H,19,20)/p-1/t13-,14+/m0/s1. The van der Waals surface area contributed by atoms with E-state index in [1.807, 2.05) is 12.2 Å². The summed E-state index contributed by atoms with van der Waals surface area (Å²) in [5.41, 5.74) is 0. The van der Waals surface area contributed by atoms with Gasteiger partial charge in [-0.2, -0.15) is 0 Å². The number of rotatable bonds is 3. The maximum Gasteiger partial charge on any atom is 0.224 e. The third-order valence-corrected chi connectivity index (χ3v) is 4.52. The first-order chi connectivity index (χ1) is 9.68. The van der Waals surface area contributed by atoms with E-state index in [1.165, 1.54) is 19.3 Å². The summed E-state index contributed by atoms with van der Waals surface area (Å²) in [4.78, 5) is 23.5. The number of nitrogens with one attached hydrogen (secondary N) is 1. The molecule has 4 nitrogen and oxygen atoms in total. The van der Waals surface area contributed by atoms with E-state index in [4.69, 9.17) is 0 Å². The van der Waals surface area contributed by atoms with E-state index in [0.29, 0.717) is 12.8 Å². The summed E-state index contributed by atoms with van der Waals surface area (Å²) in [6, 6.07) is 0.219. The number of aliphatic carboxylic acids is 1. The van der Waals surface area contributed by atoms with E-state index in [-0.39, 0.29) is 11.9 Å². The molecule has 1 amide bonds. The Balaban J connectivity index is 1.91. The lowest BCUT2D eigenvalue weighted by Gasteiger charge is -2.30. The van der Waals surface area contributed by atoms with Gasteiger partial charge in [0, 0.05) is 23.8 Å². The fourth-order valence-corrected chi connectivity index (χ4v) is 3.27. The minimum atomic E-state index is -1.10. The Kier molecular flexibility index (Phi) is 5.62. The van der Waals surface area contributed by atoms with Crippen molar-refractivity contribution in [2.45, 2.75) is 63.8 Å². The Hall–Kier alpha value is -1.32. The second kappa shape index (κ2) is 7.46. The van der Waals surface area contributed by atoms with Crippen LogP contribution in [-0.4, -0.2) is 17.9 Å². The maximum absolute atomic E-state index is 12.3. The largest absolute Gasteiger partial charge is 0.550 e. The molecule has 1 fully saturated rings. The molecule has 0 saturated heterocycles. The molecule has 0 aliphatic heterocycles. The van der Waals surface area contributed by atoms with Gasteiger partial charge in [-0.1, -0.05) is 44.3 Å². The van der Waals surface area contributed by atoms with Crippen LogP contribution in [0, 0.1) is 11.8 Å². The Morgan fingerprint density at radius 3 is 2.05 bits per heavy atom. The van der Waals surface area contributed by atoms with Crippen molar-refractivity contribution < 1.29 is 14.7 Å². The van der Waals surface area contributed by atoms with Crippen LogP contribution in [-0.2, 0) is 9.59 Å². The van der Waals surface area contributed by atoms with Crippen LogP contribution in [0.4, 0.5) is 0 Å². The molecule has 0 aromatic heterocycles. The highest BCUT2D eigenvalue weighted by Crippen LogP contribution is 2.26. The van der Waals surface area contributed by atoms with Gasteiger partial charge in [-0.15, -0.1) is 0 Å². The van der Waals surface area contributed by atoms with Crippen LogP contribution in [0.15, 0.2) is 12.2 Å². The van der Waals surface area contributed by atoms with Crippen molar-refractivity contribution in [1.82, 2.24) is 5.32 Å². The van der Waals surface area contributed by atoms with Crippen molar-refractivity contribution in [1.29, 1.82) is 0 Å². The molecule has 0 spiro atoms. The molecular weight excluding hydrogens is 254 g/mol. The monoisotopic (exact) mass is 278 g/mol. The average molecular weight is 278 g/mol. The fraction of sp³-hybridized carbons (Fsp3) is 0.750. The molecular formula is C16H24NO3-. The van der Waals surface area contributed by atoms with Gasteiger partial charge in [0.25, 0.3) is 0 Å². The number of hydrogen-bond donors (Lipinski definition) is 1. The lowest BCUT2D eigenvalue weighted by molar-refractivity contribution is -0.313. The van der Waals surface area contributed by atoms with E-state index in [1.54, 1.807) is 0 Å². The predicted octanol–water partition coefficient (Wildman–Crippen LogP) is 1.55. The number of carboxylic acid groups (broad SMARTS) is 1. The molecule has 0 unspecified atom stereocenters. The van der Waals surface area contributed by atoms with E-state index in [2.05, 4.69) is 5.32 Å². The van der Waals surface area contributed by atoms with Crippen molar-refractivity contribution >= 4 is 11.9 Å². The molecule has 20 heavy (non-hydrogen) atoms. The zero-order valence-electron chi connectivity index (χ0n) is 12.0. The third kappa shape index (κ3) is 4.09. The Morgan fingerprint density at radius 1 is 0.900 bits per heavy atom. The van der Waals surface area contributed by atoms with Crippen molar-refractivity contribution in [3.05, 3.63) is 12.2 Å². The Labute approximate surface area is 120 Å². The predicted molar refractivity (Wildman–Crippen MR) is 74.6 cm³/mol. The molecule has 0 aromatic carbocycles. The van der Waals surface area contributed by atoms with E-state index >= 15 is 0 Å². The molecule has 0 bridgehead atoms. The van der Waals surface area contributed by atoms with Gasteiger partial charge in [0.1, 0.15) is 0 Å². The van der Waals surface area contributed by atoms with Gasteiger partial charge >= 0.3 is 0 Å². The van der Waals surface area contributed by atoms with Crippen molar-refractivity contribution in [2.24, 2.45) is 11.8 Å². The molecule has 1 N–H and O–H groups in total. The molecule has 0 heterocycles. The summed E-state index contributed by atoms with van der Waals surface area (Å²) >= 11 is 0. The molecule has 4 heteroatoms. The Bertz CT molecular complexity index is 370. The van der Waals surface area contributed by atoms with Crippen LogP contribution in [0.2, 0.25) is 0 Å². The smallest absolute Gasteiger partial charge is 0.224 e. The van der Waals surface area contributed by atoms with Crippen LogP contribution in [0.3, 0.4) is 0 Å². The number of allylic oxidation sites excluding steroid dienone is 2. The zero-order chi connectivity index (χ0) is 14.4. The first-order valence-electron chi connectivity index (χ1n) is 7.84. The normalized spacial score (nSPS) is 28.4. The summed E-state index contributed by atoms with van der Waals surface area (Å²) < 4.78 is 0. The van der Waals surface area contributed by atoms with Crippen LogP contribution >= 0.6 is 0 Å². The highest BCUT2D eigenvalue weighted by atomic mass is 16.4. The van der Waals surface area contributed by atoms with Gasteiger partial charge in [0.05, 0.1) is 0 Å². The quantitative estimate of drug-likeness (QED) is 0.796. The van der Waals surface area contributed by atoms with E-state index in [0.717, 1.165) is 25.7 Å². The summed E-state index contributed by atoms with van der Waals surface area (Å²) in [5, 5.41) is 14.2. The molecule has 1 saturated carbocycles. The van der Waals surface area contributed by atoms with Crippen LogP contribution < -0.4 is 10.4 Å². The Morgan fingerprint density at radius 2 is 1.45 bits per heavy atom. The first-order valence-corrected chi connectivity index (χ1v) is 7.84. The van der Waals surface area contributed by atoms with E-state index in [9.17, 15) is 14.7 Å². The number of carbonyl (C=O) groups is 2. The SMILES string of the molecule is O=C(NC1CCCCCCC1)[C@H]1CC=CC[C@H]1C(=O)[O-].